The number of aliphatic hydroxyl groups excluding tert-OH is 5. The van der Waals surface area contributed by atoms with E-state index in [1.54, 1.807) is 67.2 Å². The van der Waals surface area contributed by atoms with Gasteiger partial charge in [-0.3, -0.25) is 4.79 Å². The van der Waals surface area contributed by atoms with Gasteiger partial charge in [0.25, 0.3) is 0 Å². The number of pyridine rings is 1. The fourth-order valence-electron chi connectivity index (χ4n) is 4.95. The second kappa shape index (κ2) is 27.0. The topological polar surface area (TPSA) is 319 Å². The van der Waals surface area contributed by atoms with Crippen LogP contribution in [0.2, 0.25) is 0 Å². The van der Waals surface area contributed by atoms with E-state index in [2.05, 4.69) is 30.1 Å². The number of nitrogens with one attached hydrogen (secondary N) is 2. The normalized spacial score (nSPS) is 14.4. The fourth-order valence-corrected chi connectivity index (χ4v) is 5.16. The summed E-state index contributed by atoms with van der Waals surface area (Å²) in [5.74, 6) is -3.77. The number of ketones is 1. The SMILES string of the molecule is O=C([O-])C[N-]C(CO)(CO)CO.O=C([O-])C[N-]C(C[O-])(CO)CO.O=C1/C(=C/c2ccccc2F)CN(CCNC(=O)c2ccc(N[N]=[99Tc+5])nc2)C/C1=C\c1ccccc1F. The molecular formula is C39H44F2N7O12Tc. The van der Waals surface area contributed by atoms with Crippen molar-refractivity contribution >= 4 is 41.6 Å². The maximum absolute atomic E-state index is 14.3. The Labute approximate surface area is 359 Å². The number of nitrogens with zero attached hydrogens (tertiary/aromatic N) is 5. The third-order valence-electron chi connectivity index (χ3n) is 8.56. The molecule has 1 aliphatic heterocycles. The molecule has 0 saturated carbocycles. The van der Waals surface area contributed by atoms with Gasteiger partial charge in [0.05, 0.1) is 0 Å². The molecule has 1 aromatic heterocycles. The number of anilines is 1. The maximum atomic E-state index is 14.3. The standard InChI is InChI=1S/C27H23F2N5O2.C6H12NO5.C6H11NO5.Tc/c28-23-7-3-1-5-18(23)13-21-16-34(12-11-31-27(36)20-9-10-25(33-30)32-15-20)17-22(26(21)35)14-19-6-2-4-8-24(19)29;2*8-2-6(3-9,4-10)7-1-5(11)12;/h1-10,13-15H,11-12,16-17H2,(H,31,36)(H,32,33);8-10H,1-4H2,(H,11,12);8-9H,1-4H2,(H,11,12);/q;-1;-2;+5/p-2/b21-13+,22-14+;;;/i;;;1+1. The summed E-state index contributed by atoms with van der Waals surface area (Å²) in [5, 5.41) is 83.1. The number of carboxylic acids is 2. The van der Waals surface area contributed by atoms with E-state index in [0.717, 1.165) is 0 Å². The van der Waals surface area contributed by atoms with E-state index in [1.165, 1.54) is 30.5 Å². The van der Waals surface area contributed by atoms with Crippen LogP contribution in [0.5, 0.6) is 0 Å². The number of carboxylic acid groups (broad SMARTS) is 2. The first-order chi connectivity index (χ1) is 29.1. The Morgan fingerprint density at radius 2 is 1.28 bits per heavy atom. The van der Waals surface area contributed by atoms with E-state index >= 15 is 0 Å². The number of likely N-dealkylation sites (tertiary alicyclic amines) is 1. The minimum atomic E-state index is -1.58. The average molecular weight is 940 g/mol. The second-order valence-corrected chi connectivity index (χ2v) is 13.5. The van der Waals surface area contributed by atoms with Crippen LogP contribution >= 0.6 is 0 Å². The molecule has 7 N–H and O–H groups in total. The number of aliphatic hydroxyl groups is 5. The molecule has 0 aliphatic carbocycles. The Morgan fingerprint density at radius 3 is 1.67 bits per heavy atom. The van der Waals surface area contributed by atoms with Crippen molar-refractivity contribution in [2.75, 3.05) is 84.3 Å². The van der Waals surface area contributed by atoms with Crippen LogP contribution in [-0.2, 0) is 33.1 Å². The molecule has 1 amide bonds. The molecule has 1 aliphatic rings. The van der Waals surface area contributed by atoms with Gasteiger partial charge >= 0.3 is 110 Å². The van der Waals surface area contributed by atoms with Crippen molar-refractivity contribution in [3.05, 3.63) is 117 Å². The van der Waals surface area contributed by atoms with Crippen molar-refractivity contribution in [1.82, 2.24) is 15.2 Å². The van der Waals surface area contributed by atoms with Crippen LogP contribution in [0.1, 0.15) is 21.5 Å². The van der Waals surface area contributed by atoms with Crippen LogP contribution in [0.3, 0.4) is 0 Å². The number of amides is 1. The molecular weight excluding hydrogens is 895 g/mol. The molecule has 328 valence electrons. The Morgan fingerprint density at radius 1 is 0.803 bits per heavy atom. The molecule has 3 aromatic rings. The summed E-state index contributed by atoms with van der Waals surface area (Å²) in [6.07, 6.45) is 4.51. The first kappa shape index (κ1) is 52.0. The third kappa shape index (κ3) is 17.4. The van der Waals surface area contributed by atoms with Gasteiger partial charge in [0, 0.05) is 67.2 Å². The van der Waals surface area contributed by atoms with Gasteiger partial charge in [0.15, 0.2) is 5.78 Å². The number of hydrogen-bond acceptors (Lipinski definition) is 16. The van der Waals surface area contributed by atoms with E-state index in [0.29, 0.717) is 46.7 Å². The number of hydrogen-bond donors (Lipinski definition) is 7. The second-order valence-electron chi connectivity index (χ2n) is 13.1. The first-order valence-electron chi connectivity index (χ1n) is 18.0. The molecule has 2 aromatic carbocycles. The van der Waals surface area contributed by atoms with Crippen molar-refractivity contribution in [3.8, 4) is 0 Å². The van der Waals surface area contributed by atoms with Crippen LogP contribution < -0.4 is 26.1 Å². The summed E-state index contributed by atoms with van der Waals surface area (Å²) >= 11 is 1.80. The summed E-state index contributed by atoms with van der Waals surface area (Å²) in [6.45, 7) is -4.09. The first-order valence-corrected chi connectivity index (χ1v) is 18.9. The summed E-state index contributed by atoms with van der Waals surface area (Å²) < 4.78 is 32.3. The van der Waals surface area contributed by atoms with Crippen LogP contribution in [0, 0.1) is 11.6 Å². The molecule has 1 fully saturated rings. The molecule has 0 radical (unpaired) electrons. The van der Waals surface area contributed by atoms with E-state index in [4.69, 9.17) is 25.5 Å². The average Bonchev–Trinajstić information content (AvgIpc) is 3.26. The Hall–Kier alpha value is -5.10. The van der Waals surface area contributed by atoms with Gasteiger partial charge in [-0.15, -0.1) is 19.7 Å². The van der Waals surface area contributed by atoms with Crippen molar-refractivity contribution in [3.63, 3.8) is 0 Å². The van der Waals surface area contributed by atoms with Crippen molar-refractivity contribution in [2.45, 2.75) is 11.1 Å². The fraction of sp³-hybridized carbons (Fsp3) is 0.359. The van der Waals surface area contributed by atoms with E-state index < -0.39 is 87.4 Å². The molecule has 19 nitrogen and oxygen atoms in total. The molecule has 22 heteroatoms. The summed E-state index contributed by atoms with van der Waals surface area (Å²) in [5.41, 5.74) is 1.40. The number of rotatable bonds is 20. The third-order valence-corrected chi connectivity index (χ3v) is 8.77. The molecule has 61 heavy (non-hydrogen) atoms. The predicted molar refractivity (Wildman–Crippen MR) is 205 cm³/mol. The number of aliphatic carboxylic acids is 2. The van der Waals surface area contributed by atoms with E-state index in [9.17, 15) is 43.3 Å². The van der Waals surface area contributed by atoms with Crippen molar-refractivity contribution < 1.29 is 87.5 Å². The van der Waals surface area contributed by atoms with Gasteiger partial charge in [-0.2, -0.15) is 0 Å². The number of carbonyl (C=O) groups excluding carboxylic acids is 4. The van der Waals surface area contributed by atoms with Gasteiger partial charge < -0.3 is 61.1 Å². The summed E-state index contributed by atoms with van der Waals surface area (Å²) in [7, 11) is 0. The molecule has 0 atom stereocenters. The van der Waals surface area contributed by atoms with E-state index in [-0.39, 0.29) is 24.8 Å². The number of piperidine rings is 1. The van der Waals surface area contributed by atoms with Crippen molar-refractivity contribution in [1.29, 1.82) is 0 Å². The van der Waals surface area contributed by atoms with E-state index in [1.807, 2.05) is 4.90 Å². The molecule has 0 spiro atoms. The number of carbonyl (C=O) groups is 4. The Kier molecular flexibility index (Phi) is 23.0. The van der Waals surface area contributed by atoms with Crippen molar-refractivity contribution in [2.24, 2.45) is 3.72 Å². The minimum Gasteiger partial charge on any atom is -0.206 e. The van der Waals surface area contributed by atoms with Gasteiger partial charge in [0.2, 0.25) is 0 Å². The minimum absolute atomic E-state index is 0.259. The van der Waals surface area contributed by atoms with Gasteiger partial charge in [0.1, 0.15) is 11.6 Å². The number of aromatic nitrogens is 1. The zero-order chi connectivity index (χ0) is 45.4. The monoisotopic (exact) mass is 939 g/mol. The quantitative estimate of drug-likeness (QED) is 0.0445. The zero-order valence-corrected chi connectivity index (χ0v) is 34.3. The van der Waals surface area contributed by atoms with Crippen LogP contribution in [0.15, 0.2) is 81.7 Å². The van der Waals surface area contributed by atoms with Gasteiger partial charge in [-0.05, 0) is 24.3 Å². The van der Waals surface area contributed by atoms with Gasteiger partial charge in [-0.25, -0.2) is 8.78 Å². The number of Topliss-reactive ketones (excluding diaryl/α,β-unsaturated/α-hetero) is 1. The Balaban J connectivity index is 0.000000437. The molecule has 4 rings (SSSR count). The molecule has 0 unspecified atom stereocenters. The van der Waals surface area contributed by atoms with Crippen LogP contribution in [0.25, 0.3) is 22.8 Å². The molecule has 2 heterocycles. The number of halogens is 2. The number of benzene rings is 2. The van der Waals surface area contributed by atoms with Gasteiger partial charge in [-0.1, -0.05) is 47.5 Å². The predicted octanol–water partition coefficient (Wildman–Crippen LogP) is -2.78. The Bertz CT molecular complexity index is 1850. The summed E-state index contributed by atoms with van der Waals surface area (Å²) in [4.78, 5) is 51.7. The molecule has 1 saturated heterocycles. The van der Waals surface area contributed by atoms with Crippen LogP contribution in [-0.4, -0.2) is 149 Å². The smallest absolute Gasteiger partial charge is 0.206 e. The zero-order valence-electron chi connectivity index (χ0n) is 32.5. The van der Waals surface area contributed by atoms with Crippen LogP contribution in [0.4, 0.5) is 14.6 Å². The summed E-state index contributed by atoms with van der Waals surface area (Å²) in [6, 6.07) is 15.7. The molecule has 0 bridgehead atoms.